The van der Waals surface area contributed by atoms with Crippen LogP contribution in [0.5, 0.6) is 0 Å². The monoisotopic (exact) mass is 361 g/mol. The predicted octanol–water partition coefficient (Wildman–Crippen LogP) is 2.70. The normalized spacial score (nSPS) is 15.6. The topological polar surface area (TPSA) is 53.1 Å². The molecule has 2 amide bonds. The largest absolute Gasteiger partial charge is 0.444 e. The van der Waals surface area contributed by atoms with E-state index in [9.17, 15) is 9.59 Å². The molecule has 2 rings (SSSR count). The first kappa shape index (κ1) is 20.2. The average molecular weight is 361 g/mol. The highest BCUT2D eigenvalue weighted by atomic mass is 16.6. The number of amides is 2. The zero-order valence-electron chi connectivity index (χ0n) is 16.4. The second-order valence-electron chi connectivity index (χ2n) is 7.76. The summed E-state index contributed by atoms with van der Waals surface area (Å²) < 4.78 is 5.35. The quantitative estimate of drug-likeness (QED) is 0.809. The van der Waals surface area contributed by atoms with Crippen LogP contribution in [0.15, 0.2) is 30.3 Å². The van der Waals surface area contributed by atoms with Crippen molar-refractivity contribution in [3.05, 3.63) is 35.9 Å². The minimum Gasteiger partial charge on any atom is -0.444 e. The fourth-order valence-electron chi connectivity index (χ4n) is 2.90. The van der Waals surface area contributed by atoms with Crippen molar-refractivity contribution in [2.24, 2.45) is 0 Å². The van der Waals surface area contributed by atoms with Gasteiger partial charge in [0.05, 0.1) is 0 Å². The van der Waals surface area contributed by atoms with Gasteiger partial charge in [0.1, 0.15) is 5.60 Å². The van der Waals surface area contributed by atoms with Crippen LogP contribution in [0.2, 0.25) is 0 Å². The van der Waals surface area contributed by atoms with Crippen LogP contribution in [0.4, 0.5) is 4.79 Å². The lowest BCUT2D eigenvalue weighted by Gasteiger charge is -2.35. The van der Waals surface area contributed by atoms with Crippen LogP contribution in [-0.4, -0.2) is 78.6 Å². The van der Waals surface area contributed by atoms with E-state index in [0.29, 0.717) is 6.54 Å². The van der Waals surface area contributed by atoms with Crippen LogP contribution in [-0.2, 0) is 4.74 Å². The lowest BCUT2D eigenvalue weighted by Crippen LogP contribution is -2.49. The van der Waals surface area contributed by atoms with Crippen molar-refractivity contribution in [1.82, 2.24) is 14.7 Å². The van der Waals surface area contributed by atoms with E-state index in [4.69, 9.17) is 4.74 Å². The van der Waals surface area contributed by atoms with E-state index in [1.807, 2.05) is 56.0 Å². The van der Waals surface area contributed by atoms with Crippen molar-refractivity contribution in [2.75, 3.05) is 46.3 Å². The molecule has 6 heteroatoms. The maximum atomic E-state index is 12.4. The molecule has 0 aromatic heterocycles. The summed E-state index contributed by atoms with van der Waals surface area (Å²) in [6, 6.07) is 9.43. The van der Waals surface area contributed by atoms with Gasteiger partial charge < -0.3 is 14.5 Å². The molecule has 0 aliphatic carbocycles. The molecule has 1 aliphatic heterocycles. The Hall–Kier alpha value is -2.08. The number of hydrogen-bond acceptors (Lipinski definition) is 4. The molecular weight excluding hydrogens is 330 g/mol. The Kier molecular flexibility index (Phi) is 7.03. The Labute approximate surface area is 156 Å². The minimum atomic E-state index is -0.465. The smallest absolute Gasteiger partial charge is 0.410 e. The SMILES string of the molecule is CN(CCCN1CCN(C(=O)c2ccccc2)CC1)C(=O)OC(C)(C)C. The number of hydrogen-bond donors (Lipinski definition) is 0. The molecule has 26 heavy (non-hydrogen) atoms. The lowest BCUT2D eigenvalue weighted by molar-refractivity contribution is 0.0287. The van der Waals surface area contributed by atoms with Crippen molar-refractivity contribution in [2.45, 2.75) is 32.8 Å². The van der Waals surface area contributed by atoms with Gasteiger partial charge in [-0.3, -0.25) is 9.69 Å². The molecule has 0 bridgehead atoms. The van der Waals surface area contributed by atoms with Gasteiger partial charge in [-0.15, -0.1) is 0 Å². The zero-order valence-corrected chi connectivity index (χ0v) is 16.4. The van der Waals surface area contributed by atoms with Crippen LogP contribution >= 0.6 is 0 Å². The summed E-state index contributed by atoms with van der Waals surface area (Å²) in [6.07, 6.45) is 0.610. The number of nitrogens with zero attached hydrogens (tertiary/aromatic N) is 3. The van der Waals surface area contributed by atoms with Gasteiger partial charge in [-0.05, 0) is 45.9 Å². The van der Waals surface area contributed by atoms with Crippen LogP contribution in [0.25, 0.3) is 0 Å². The molecule has 1 heterocycles. The van der Waals surface area contributed by atoms with E-state index in [1.54, 1.807) is 11.9 Å². The number of carbonyl (C=O) groups is 2. The Morgan fingerprint density at radius 2 is 1.69 bits per heavy atom. The predicted molar refractivity (Wildman–Crippen MR) is 102 cm³/mol. The number of carbonyl (C=O) groups excluding carboxylic acids is 2. The molecular formula is C20H31N3O3. The van der Waals surface area contributed by atoms with E-state index in [2.05, 4.69) is 4.90 Å². The molecule has 0 N–H and O–H groups in total. The van der Waals surface area contributed by atoms with Crippen molar-refractivity contribution in [3.8, 4) is 0 Å². The van der Waals surface area contributed by atoms with Crippen LogP contribution in [0.3, 0.4) is 0 Å². The van der Waals surface area contributed by atoms with Gasteiger partial charge in [0, 0.05) is 45.3 Å². The standard InChI is InChI=1S/C20H31N3O3/c1-20(2,3)26-19(25)21(4)11-8-12-22-13-15-23(16-14-22)18(24)17-9-6-5-7-10-17/h5-7,9-10H,8,11-16H2,1-4H3. The average Bonchev–Trinajstić information content (AvgIpc) is 2.61. The second kappa shape index (κ2) is 9.03. The molecule has 1 saturated heterocycles. The third-order valence-corrected chi connectivity index (χ3v) is 4.35. The summed E-state index contributed by atoms with van der Waals surface area (Å²) in [6.45, 7) is 10.4. The summed E-state index contributed by atoms with van der Waals surface area (Å²) in [7, 11) is 1.77. The summed E-state index contributed by atoms with van der Waals surface area (Å²) >= 11 is 0. The van der Waals surface area contributed by atoms with E-state index >= 15 is 0 Å². The zero-order chi connectivity index (χ0) is 19.2. The molecule has 144 valence electrons. The number of piperazine rings is 1. The fourth-order valence-corrected chi connectivity index (χ4v) is 2.90. The van der Waals surface area contributed by atoms with E-state index in [1.165, 1.54) is 0 Å². The van der Waals surface area contributed by atoms with Gasteiger partial charge in [0.2, 0.25) is 0 Å². The van der Waals surface area contributed by atoms with Gasteiger partial charge in [-0.2, -0.15) is 0 Å². The summed E-state index contributed by atoms with van der Waals surface area (Å²) in [5, 5.41) is 0. The third-order valence-electron chi connectivity index (χ3n) is 4.35. The number of rotatable bonds is 5. The van der Waals surface area contributed by atoms with Crippen molar-refractivity contribution in [1.29, 1.82) is 0 Å². The van der Waals surface area contributed by atoms with Gasteiger partial charge in [0.15, 0.2) is 0 Å². The Morgan fingerprint density at radius 1 is 1.08 bits per heavy atom. The van der Waals surface area contributed by atoms with Gasteiger partial charge in [0.25, 0.3) is 5.91 Å². The Bertz CT molecular complexity index is 590. The molecule has 1 aromatic rings. The Balaban J connectivity index is 1.68. The highest BCUT2D eigenvalue weighted by Crippen LogP contribution is 2.11. The molecule has 1 aromatic carbocycles. The maximum Gasteiger partial charge on any atom is 0.410 e. The lowest BCUT2D eigenvalue weighted by atomic mass is 10.2. The molecule has 0 unspecified atom stereocenters. The molecule has 0 radical (unpaired) electrons. The molecule has 0 saturated carbocycles. The van der Waals surface area contributed by atoms with Crippen molar-refractivity contribution in [3.63, 3.8) is 0 Å². The summed E-state index contributed by atoms with van der Waals surface area (Å²) in [5.41, 5.74) is 0.285. The van der Waals surface area contributed by atoms with Gasteiger partial charge in [-0.25, -0.2) is 4.79 Å². The Morgan fingerprint density at radius 3 is 2.27 bits per heavy atom. The van der Waals surface area contributed by atoms with Gasteiger partial charge >= 0.3 is 6.09 Å². The van der Waals surface area contributed by atoms with Crippen molar-refractivity contribution < 1.29 is 14.3 Å². The van der Waals surface area contributed by atoms with Crippen LogP contribution < -0.4 is 0 Å². The highest BCUT2D eigenvalue weighted by molar-refractivity contribution is 5.94. The minimum absolute atomic E-state index is 0.106. The second-order valence-corrected chi connectivity index (χ2v) is 7.76. The summed E-state index contributed by atoms with van der Waals surface area (Å²) in [5.74, 6) is 0.106. The third kappa shape index (κ3) is 6.33. The number of ether oxygens (including phenoxy) is 1. The first-order chi connectivity index (χ1) is 12.3. The molecule has 0 spiro atoms. The van der Waals surface area contributed by atoms with Crippen LogP contribution in [0, 0.1) is 0 Å². The first-order valence-electron chi connectivity index (χ1n) is 9.27. The van der Waals surface area contributed by atoms with Gasteiger partial charge in [-0.1, -0.05) is 18.2 Å². The van der Waals surface area contributed by atoms with E-state index < -0.39 is 5.60 Å². The van der Waals surface area contributed by atoms with E-state index in [0.717, 1.165) is 44.7 Å². The highest BCUT2D eigenvalue weighted by Gasteiger charge is 2.22. The molecule has 1 fully saturated rings. The van der Waals surface area contributed by atoms with E-state index in [-0.39, 0.29) is 12.0 Å². The molecule has 0 atom stereocenters. The van der Waals surface area contributed by atoms with Crippen molar-refractivity contribution >= 4 is 12.0 Å². The maximum absolute atomic E-state index is 12.4. The molecule has 1 aliphatic rings. The number of benzene rings is 1. The van der Waals surface area contributed by atoms with Crippen LogP contribution in [0.1, 0.15) is 37.6 Å². The molecule has 6 nitrogen and oxygen atoms in total. The summed E-state index contributed by atoms with van der Waals surface area (Å²) in [4.78, 5) is 30.3. The first-order valence-corrected chi connectivity index (χ1v) is 9.27. The fraction of sp³-hybridized carbons (Fsp3) is 0.600.